The Morgan fingerprint density at radius 3 is 2.40 bits per heavy atom. The largest absolute Gasteiger partial charge is 0.481 e. The van der Waals surface area contributed by atoms with E-state index in [1.807, 2.05) is 25.1 Å². The highest BCUT2D eigenvalue weighted by molar-refractivity contribution is 5.94. The molecule has 0 aliphatic heterocycles. The first kappa shape index (κ1) is 14.1. The molecule has 1 amide bonds. The standard InChI is InChI=1S/C16H16FNO2/c1-2-15(20-14-6-4-3-5-7-14)16(19)18-13-10-8-12(17)9-11-13/h3-11,15H,2H2,1H3,(H,18,19). The van der Waals surface area contributed by atoms with E-state index < -0.39 is 6.10 Å². The van der Waals surface area contributed by atoms with Crippen molar-refractivity contribution in [2.24, 2.45) is 0 Å². The molecule has 0 bridgehead atoms. The number of rotatable bonds is 5. The molecule has 0 aliphatic rings. The summed E-state index contributed by atoms with van der Waals surface area (Å²) in [7, 11) is 0. The van der Waals surface area contributed by atoms with Gasteiger partial charge in [0.2, 0.25) is 0 Å². The van der Waals surface area contributed by atoms with Crippen LogP contribution in [-0.4, -0.2) is 12.0 Å². The van der Waals surface area contributed by atoms with E-state index in [4.69, 9.17) is 4.74 Å². The maximum atomic E-state index is 12.8. The van der Waals surface area contributed by atoms with Gasteiger partial charge in [0.1, 0.15) is 11.6 Å². The van der Waals surface area contributed by atoms with Gasteiger partial charge in [-0.05, 0) is 42.8 Å². The number of anilines is 1. The van der Waals surface area contributed by atoms with Gasteiger partial charge in [-0.25, -0.2) is 4.39 Å². The fourth-order valence-corrected chi connectivity index (χ4v) is 1.74. The average molecular weight is 273 g/mol. The molecule has 20 heavy (non-hydrogen) atoms. The fourth-order valence-electron chi connectivity index (χ4n) is 1.74. The average Bonchev–Trinajstić information content (AvgIpc) is 2.48. The van der Waals surface area contributed by atoms with E-state index in [0.29, 0.717) is 17.9 Å². The van der Waals surface area contributed by atoms with Gasteiger partial charge in [0, 0.05) is 5.69 Å². The molecular weight excluding hydrogens is 257 g/mol. The molecule has 4 heteroatoms. The zero-order chi connectivity index (χ0) is 14.4. The molecule has 2 aromatic carbocycles. The van der Waals surface area contributed by atoms with E-state index in [1.165, 1.54) is 24.3 Å². The third-order valence-electron chi connectivity index (χ3n) is 2.80. The van der Waals surface area contributed by atoms with Crippen LogP contribution in [0.4, 0.5) is 10.1 Å². The second-order valence-corrected chi connectivity index (χ2v) is 4.32. The van der Waals surface area contributed by atoms with Crippen LogP contribution in [0.5, 0.6) is 5.75 Å². The van der Waals surface area contributed by atoms with Crippen LogP contribution in [0.2, 0.25) is 0 Å². The van der Waals surface area contributed by atoms with Gasteiger partial charge in [-0.3, -0.25) is 4.79 Å². The summed E-state index contributed by atoms with van der Waals surface area (Å²) in [5.74, 6) is 0.0622. The van der Waals surface area contributed by atoms with Crippen molar-refractivity contribution in [1.29, 1.82) is 0 Å². The SMILES string of the molecule is CCC(Oc1ccccc1)C(=O)Nc1ccc(F)cc1. The first-order valence-electron chi connectivity index (χ1n) is 6.47. The normalized spacial score (nSPS) is 11.7. The van der Waals surface area contributed by atoms with Crippen molar-refractivity contribution >= 4 is 11.6 Å². The second-order valence-electron chi connectivity index (χ2n) is 4.32. The van der Waals surface area contributed by atoms with Gasteiger partial charge >= 0.3 is 0 Å². The van der Waals surface area contributed by atoms with E-state index in [0.717, 1.165) is 0 Å². The molecule has 0 fully saturated rings. The number of nitrogens with one attached hydrogen (secondary N) is 1. The minimum Gasteiger partial charge on any atom is -0.481 e. The number of amides is 1. The Bertz CT molecular complexity index is 554. The maximum absolute atomic E-state index is 12.8. The van der Waals surface area contributed by atoms with Gasteiger partial charge in [0.25, 0.3) is 5.91 Å². The third kappa shape index (κ3) is 3.82. The van der Waals surface area contributed by atoms with Crippen LogP contribution in [0, 0.1) is 5.82 Å². The molecule has 3 nitrogen and oxygen atoms in total. The van der Waals surface area contributed by atoms with E-state index in [1.54, 1.807) is 12.1 Å². The number of hydrogen-bond acceptors (Lipinski definition) is 2. The molecule has 2 rings (SSSR count). The molecule has 1 unspecified atom stereocenters. The van der Waals surface area contributed by atoms with Crippen LogP contribution in [0.1, 0.15) is 13.3 Å². The zero-order valence-corrected chi connectivity index (χ0v) is 11.2. The van der Waals surface area contributed by atoms with Crippen molar-refractivity contribution in [3.8, 4) is 5.75 Å². The number of carbonyl (C=O) groups excluding carboxylic acids is 1. The quantitative estimate of drug-likeness (QED) is 0.903. The van der Waals surface area contributed by atoms with Crippen LogP contribution in [0.25, 0.3) is 0 Å². The summed E-state index contributed by atoms with van der Waals surface area (Å²) in [4.78, 5) is 12.1. The first-order chi connectivity index (χ1) is 9.69. The Labute approximate surface area is 117 Å². The Kier molecular flexibility index (Phi) is 4.71. The van der Waals surface area contributed by atoms with Crippen molar-refractivity contribution in [2.45, 2.75) is 19.4 Å². The van der Waals surface area contributed by atoms with Crippen molar-refractivity contribution in [2.75, 3.05) is 5.32 Å². The lowest BCUT2D eigenvalue weighted by molar-refractivity contribution is -0.122. The number of carbonyl (C=O) groups is 1. The van der Waals surface area contributed by atoms with E-state index in [2.05, 4.69) is 5.32 Å². The van der Waals surface area contributed by atoms with Crippen molar-refractivity contribution in [3.05, 3.63) is 60.4 Å². The molecule has 0 aliphatic carbocycles. The van der Waals surface area contributed by atoms with E-state index >= 15 is 0 Å². The molecule has 1 atom stereocenters. The molecule has 0 radical (unpaired) electrons. The van der Waals surface area contributed by atoms with Crippen LogP contribution >= 0.6 is 0 Å². The van der Waals surface area contributed by atoms with Gasteiger partial charge in [-0.15, -0.1) is 0 Å². The Morgan fingerprint density at radius 1 is 1.15 bits per heavy atom. The highest BCUT2D eigenvalue weighted by atomic mass is 19.1. The van der Waals surface area contributed by atoms with E-state index in [9.17, 15) is 9.18 Å². The lowest BCUT2D eigenvalue weighted by atomic mass is 10.2. The number of halogens is 1. The number of para-hydroxylation sites is 1. The van der Waals surface area contributed by atoms with Gasteiger partial charge in [-0.1, -0.05) is 25.1 Å². The van der Waals surface area contributed by atoms with Gasteiger partial charge in [0.15, 0.2) is 6.10 Å². The summed E-state index contributed by atoms with van der Waals surface area (Å²) >= 11 is 0. The molecule has 0 saturated carbocycles. The van der Waals surface area contributed by atoms with Crippen LogP contribution in [0.3, 0.4) is 0 Å². The molecule has 2 aromatic rings. The van der Waals surface area contributed by atoms with Crippen LogP contribution < -0.4 is 10.1 Å². The van der Waals surface area contributed by atoms with E-state index in [-0.39, 0.29) is 11.7 Å². The van der Waals surface area contributed by atoms with Crippen LogP contribution in [-0.2, 0) is 4.79 Å². The zero-order valence-electron chi connectivity index (χ0n) is 11.2. The molecule has 0 saturated heterocycles. The fraction of sp³-hybridized carbons (Fsp3) is 0.188. The predicted octanol–water partition coefficient (Wildman–Crippen LogP) is 3.62. The third-order valence-corrected chi connectivity index (χ3v) is 2.80. The summed E-state index contributed by atoms with van der Waals surface area (Å²) in [5, 5.41) is 2.71. The highest BCUT2D eigenvalue weighted by Gasteiger charge is 2.18. The topological polar surface area (TPSA) is 38.3 Å². The molecular formula is C16H16FNO2. The van der Waals surface area contributed by atoms with Gasteiger partial charge < -0.3 is 10.1 Å². The Balaban J connectivity index is 2.00. The summed E-state index contributed by atoms with van der Waals surface area (Å²) < 4.78 is 18.4. The van der Waals surface area contributed by atoms with Crippen LogP contribution in [0.15, 0.2) is 54.6 Å². The second kappa shape index (κ2) is 6.70. The number of hydrogen-bond donors (Lipinski definition) is 1. The summed E-state index contributed by atoms with van der Waals surface area (Å²) in [6.45, 7) is 1.87. The van der Waals surface area contributed by atoms with Crippen molar-refractivity contribution in [3.63, 3.8) is 0 Å². The molecule has 0 heterocycles. The lowest BCUT2D eigenvalue weighted by Crippen LogP contribution is -2.32. The first-order valence-corrected chi connectivity index (χ1v) is 6.47. The predicted molar refractivity (Wildman–Crippen MR) is 76.2 cm³/mol. The number of ether oxygens (including phenoxy) is 1. The summed E-state index contributed by atoms with van der Waals surface area (Å²) in [6, 6.07) is 14.8. The monoisotopic (exact) mass is 273 g/mol. The Hall–Kier alpha value is -2.36. The molecule has 1 N–H and O–H groups in total. The minimum absolute atomic E-state index is 0.247. The summed E-state index contributed by atoms with van der Waals surface area (Å²) in [6.07, 6.45) is -0.0375. The molecule has 0 spiro atoms. The highest BCUT2D eigenvalue weighted by Crippen LogP contribution is 2.15. The van der Waals surface area contributed by atoms with Crippen molar-refractivity contribution < 1.29 is 13.9 Å². The smallest absolute Gasteiger partial charge is 0.265 e. The minimum atomic E-state index is -0.581. The molecule has 0 aromatic heterocycles. The molecule has 104 valence electrons. The Morgan fingerprint density at radius 2 is 1.80 bits per heavy atom. The van der Waals surface area contributed by atoms with Gasteiger partial charge in [-0.2, -0.15) is 0 Å². The number of benzene rings is 2. The van der Waals surface area contributed by atoms with Gasteiger partial charge in [0.05, 0.1) is 0 Å². The van der Waals surface area contributed by atoms with Crippen molar-refractivity contribution in [1.82, 2.24) is 0 Å². The lowest BCUT2D eigenvalue weighted by Gasteiger charge is -2.17. The maximum Gasteiger partial charge on any atom is 0.265 e. The summed E-state index contributed by atoms with van der Waals surface area (Å²) in [5.41, 5.74) is 0.548.